The molecule has 9 heteroatoms. The zero-order chi connectivity index (χ0) is 18.3. The first-order valence-corrected chi connectivity index (χ1v) is 11.5. The largest absolute Gasteiger partial charge is 0.325 e. The van der Waals surface area contributed by atoms with Crippen molar-refractivity contribution in [1.29, 1.82) is 0 Å². The Kier molecular flexibility index (Phi) is 4.79. The fourth-order valence-electron chi connectivity index (χ4n) is 3.11. The second kappa shape index (κ2) is 6.94. The van der Waals surface area contributed by atoms with E-state index in [-0.39, 0.29) is 10.1 Å². The summed E-state index contributed by atoms with van der Waals surface area (Å²) in [5.41, 5.74) is 0.671. The SMILES string of the molecule is O=C(Nc1ccc2sccc2c1)C1CCCN1S(=O)(=O)c1ccc(Cl)s1. The van der Waals surface area contributed by atoms with E-state index >= 15 is 0 Å². The lowest BCUT2D eigenvalue weighted by Gasteiger charge is -2.22. The third-order valence-corrected chi connectivity index (χ3v) is 8.84. The number of halogens is 1. The number of carbonyl (C=O) groups excluding carboxylic acids is 1. The summed E-state index contributed by atoms with van der Waals surface area (Å²) in [4.78, 5) is 12.7. The molecule has 1 aromatic carbocycles. The number of rotatable bonds is 4. The van der Waals surface area contributed by atoms with Crippen LogP contribution in [0.15, 0.2) is 46.0 Å². The van der Waals surface area contributed by atoms with Crippen molar-refractivity contribution in [3.05, 3.63) is 46.1 Å². The first-order chi connectivity index (χ1) is 12.4. The van der Waals surface area contributed by atoms with Crippen LogP contribution < -0.4 is 5.32 Å². The van der Waals surface area contributed by atoms with Crippen molar-refractivity contribution in [3.63, 3.8) is 0 Å². The summed E-state index contributed by atoms with van der Waals surface area (Å²) in [6.07, 6.45) is 1.16. The number of thiophene rings is 2. The minimum absolute atomic E-state index is 0.168. The van der Waals surface area contributed by atoms with Gasteiger partial charge in [-0.15, -0.1) is 22.7 Å². The van der Waals surface area contributed by atoms with Gasteiger partial charge in [-0.25, -0.2) is 8.42 Å². The van der Waals surface area contributed by atoms with Gasteiger partial charge in [-0.2, -0.15) is 4.31 Å². The maximum atomic E-state index is 12.9. The molecule has 0 bridgehead atoms. The molecule has 3 heterocycles. The second-order valence-electron chi connectivity index (χ2n) is 5.99. The van der Waals surface area contributed by atoms with E-state index in [1.54, 1.807) is 17.4 Å². The molecule has 1 saturated heterocycles. The Bertz CT molecular complexity index is 1070. The first kappa shape index (κ1) is 17.9. The zero-order valence-electron chi connectivity index (χ0n) is 13.5. The van der Waals surface area contributed by atoms with E-state index in [1.807, 2.05) is 29.6 Å². The Morgan fingerprint density at radius 2 is 2.08 bits per heavy atom. The van der Waals surface area contributed by atoms with E-state index in [0.717, 1.165) is 21.4 Å². The van der Waals surface area contributed by atoms with Gasteiger partial charge in [0, 0.05) is 16.9 Å². The highest BCUT2D eigenvalue weighted by molar-refractivity contribution is 7.91. The Labute approximate surface area is 164 Å². The van der Waals surface area contributed by atoms with E-state index < -0.39 is 16.1 Å². The molecule has 0 spiro atoms. The number of nitrogens with one attached hydrogen (secondary N) is 1. The van der Waals surface area contributed by atoms with Crippen molar-refractivity contribution in [1.82, 2.24) is 4.31 Å². The highest BCUT2D eigenvalue weighted by Gasteiger charge is 2.40. The number of hydrogen-bond acceptors (Lipinski definition) is 5. The quantitative estimate of drug-likeness (QED) is 0.672. The highest BCUT2D eigenvalue weighted by Crippen LogP contribution is 2.33. The van der Waals surface area contributed by atoms with Crippen LogP contribution >= 0.6 is 34.3 Å². The summed E-state index contributed by atoms with van der Waals surface area (Å²) < 4.78 is 28.7. The average molecular weight is 427 g/mol. The molecule has 4 rings (SSSR count). The van der Waals surface area contributed by atoms with E-state index in [9.17, 15) is 13.2 Å². The molecule has 1 amide bonds. The van der Waals surface area contributed by atoms with Crippen molar-refractivity contribution in [2.45, 2.75) is 23.1 Å². The zero-order valence-corrected chi connectivity index (χ0v) is 16.7. The molecule has 1 fully saturated rings. The minimum atomic E-state index is -3.72. The van der Waals surface area contributed by atoms with Crippen LogP contribution in [0.25, 0.3) is 10.1 Å². The highest BCUT2D eigenvalue weighted by atomic mass is 35.5. The summed E-state index contributed by atoms with van der Waals surface area (Å²) in [6, 6.07) is 10.0. The van der Waals surface area contributed by atoms with Crippen LogP contribution in [0.3, 0.4) is 0 Å². The molecule has 136 valence electrons. The molecule has 1 atom stereocenters. The van der Waals surface area contributed by atoms with Gasteiger partial charge in [-0.3, -0.25) is 4.79 Å². The molecule has 2 aromatic heterocycles. The van der Waals surface area contributed by atoms with Gasteiger partial charge in [0.05, 0.1) is 4.34 Å². The number of carbonyl (C=O) groups is 1. The standard InChI is InChI=1S/C17H15ClN2O3S3/c18-15-5-6-16(25-15)26(22,23)20-8-1-2-13(20)17(21)19-12-3-4-14-11(10-12)7-9-24-14/h3-7,9-10,13H,1-2,8H2,(H,19,21). The molecule has 26 heavy (non-hydrogen) atoms. The molecule has 0 radical (unpaired) electrons. The maximum absolute atomic E-state index is 12.9. The van der Waals surface area contributed by atoms with Gasteiger partial charge in [0.2, 0.25) is 5.91 Å². The monoisotopic (exact) mass is 426 g/mol. The molecule has 1 aliphatic heterocycles. The lowest BCUT2D eigenvalue weighted by molar-refractivity contribution is -0.119. The molecule has 1 aliphatic rings. The predicted octanol–water partition coefficient (Wildman–Crippen LogP) is 4.41. The number of amides is 1. The molecule has 0 saturated carbocycles. The van der Waals surface area contributed by atoms with Crippen LogP contribution in [0.4, 0.5) is 5.69 Å². The Balaban J connectivity index is 1.56. The van der Waals surface area contributed by atoms with Crippen LogP contribution in [0.1, 0.15) is 12.8 Å². The Hall–Kier alpha value is -1.45. The van der Waals surface area contributed by atoms with Crippen LogP contribution in [0, 0.1) is 0 Å². The van der Waals surface area contributed by atoms with E-state index in [0.29, 0.717) is 29.4 Å². The van der Waals surface area contributed by atoms with Gasteiger partial charge in [0.15, 0.2) is 0 Å². The molecule has 3 aromatic rings. The van der Waals surface area contributed by atoms with Crippen molar-refractivity contribution in [3.8, 4) is 0 Å². The van der Waals surface area contributed by atoms with Crippen molar-refractivity contribution >= 4 is 66.0 Å². The number of nitrogens with zero attached hydrogens (tertiary/aromatic N) is 1. The lowest BCUT2D eigenvalue weighted by Crippen LogP contribution is -2.42. The number of fused-ring (bicyclic) bond motifs is 1. The maximum Gasteiger partial charge on any atom is 0.253 e. The molecular formula is C17H15ClN2O3S3. The minimum Gasteiger partial charge on any atom is -0.325 e. The van der Waals surface area contributed by atoms with E-state index in [2.05, 4.69) is 5.32 Å². The van der Waals surface area contributed by atoms with Crippen molar-refractivity contribution in [2.75, 3.05) is 11.9 Å². The summed E-state index contributed by atoms with van der Waals surface area (Å²) in [5, 5.41) is 5.91. The van der Waals surface area contributed by atoms with Gasteiger partial charge in [0.1, 0.15) is 10.3 Å². The Morgan fingerprint density at radius 1 is 1.23 bits per heavy atom. The number of hydrogen-bond donors (Lipinski definition) is 1. The third-order valence-electron chi connectivity index (χ3n) is 4.34. The summed E-state index contributed by atoms with van der Waals surface area (Å²) in [6.45, 7) is 0.333. The van der Waals surface area contributed by atoms with Gasteiger partial charge < -0.3 is 5.32 Å². The van der Waals surface area contributed by atoms with Crippen LogP contribution in [-0.4, -0.2) is 31.2 Å². The van der Waals surface area contributed by atoms with Crippen LogP contribution in [0.5, 0.6) is 0 Å². The second-order valence-corrected chi connectivity index (χ2v) is 10.8. The number of sulfonamides is 1. The Morgan fingerprint density at radius 3 is 2.85 bits per heavy atom. The smallest absolute Gasteiger partial charge is 0.253 e. The normalized spacial score (nSPS) is 18.4. The van der Waals surface area contributed by atoms with E-state index in [4.69, 9.17) is 11.6 Å². The number of anilines is 1. The van der Waals surface area contributed by atoms with Gasteiger partial charge in [-0.05, 0) is 60.0 Å². The molecule has 5 nitrogen and oxygen atoms in total. The number of benzene rings is 1. The fraction of sp³-hybridized carbons (Fsp3) is 0.235. The van der Waals surface area contributed by atoms with Crippen LogP contribution in [0.2, 0.25) is 4.34 Å². The lowest BCUT2D eigenvalue weighted by atomic mass is 10.2. The summed E-state index contributed by atoms with van der Waals surface area (Å²) in [7, 11) is -3.72. The van der Waals surface area contributed by atoms with Gasteiger partial charge >= 0.3 is 0 Å². The molecule has 0 aliphatic carbocycles. The fourth-order valence-corrected chi connectivity index (χ4v) is 7.15. The van der Waals surface area contributed by atoms with Crippen LogP contribution in [-0.2, 0) is 14.8 Å². The van der Waals surface area contributed by atoms with Gasteiger partial charge in [-0.1, -0.05) is 11.6 Å². The first-order valence-electron chi connectivity index (χ1n) is 8.00. The third kappa shape index (κ3) is 3.27. The topological polar surface area (TPSA) is 66.5 Å². The van der Waals surface area contributed by atoms with E-state index in [1.165, 1.54) is 10.4 Å². The molecule has 1 unspecified atom stereocenters. The van der Waals surface area contributed by atoms with Gasteiger partial charge in [0.25, 0.3) is 10.0 Å². The van der Waals surface area contributed by atoms with Crippen molar-refractivity contribution < 1.29 is 13.2 Å². The molecule has 1 N–H and O–H groups in total. The predicted molar refractivity (Wildman–Crippen MR) is 107 cm³/mol. The van der Waals surface area contributed by atoms with Crippen molar-refractivity contribution in [2.24, 2.45) is 0 Å². The molecular weight excluding hydrogens is 412 g/mol. The summed E-state index contributed by atoms with van der Waals surface area (Å²) in [5.74, 6) is -0.302. The average Bonchev–Trinajstić information content (AvgIpc) is 3.34. The summed E-state index contributed by atoms with van der Waals surface area (Å²) >= 11 is 8.52.